The van der Waals surface area contributed by atoms with E-state index >= 15 is 0 Å². The van der Waals surface area contributed by atoms with Crippen LogP contribution in [0.3, 0.4) is 0 Å². The van der Waals surface area contributed by atoms with Gasteiger partial charge in [0.2, 0.25) is 10.0 Å². The number of benzene rings is 4. The number of sulfonamides is 1. The maximum absolute atomic E-state index is 14.6. The molecule has 0 aliphatic rings. The zero-order valence-corrected chi connectivity index (χ0v) is 19.1. The van der Waals surface area contributed by atoms with E-state index in [1.54, 1.807) is 30.3 Å². The average Bonchev–Trinajstić information content (AvgIpc) is 2.85. The minimum atomic E-state index is -3.82. The summed E-state index contributed by atoms with van der Waals surface area (Å²) in [5.74, 6) is 0. The van der Waals surface area contributed by atoms with Gasteiger partial charge in [-0.05, 0) is 17.7 Å². The Morgan fingerprint density at radius 1 is 0.625 bits per heavy atom. The lowest BCUT2D eigenvalue weighted by Crippen LogP contribution is -2.33. The monoisotopic (exact) mass is 461 g/mol. The Bertz CT molecular complexity index is 1250. The molecule has 0 saturated heterocycles. The zero-order valence-electron chi connectivity index (χ0n) is 17.4. The Kier molecular flexibility index (Phi) is 6.71. The molecule has 0 saturated carbocycles. The molecule has 162 valence electrons. The Morgan fingerprint density at radius 2 is 1.03 bits per heavy atom. The molecule has 0 bridgehead atoms. The normalized spacial score (nSPS) is 12.9. The molecule has 1 atom stereocenters. The predicted molar refractivity (Wildman–Crippen MR) is 131 cm³/mol. The summed E-state index contributed by atoms with van der Waals surface area (Å²) in [6.07, 6.45) is 0.122. The first-order chi connectivity index (χ1) is 15.5. The third kappa shape index (κ3) is 4.91. The number of hydrogen-bond acceptors (Lipinski definition) is 3. The van der Waals surface area contributed by atoms with Gasteiger partial charge in [-0.3, -0.25) is 0 Å². The summed E-state index contributed by atoms with van der Waals surface area (Å²) >= 11 is 0. The predicted octanol–water partition coefficient (Wildman–Crippen LogP) is 4.72. The van der Waals surface area contributed by atoms with Crippen LogP contribution in [0.25, 0.3) is 0 Å². The minimum absolute atomic E-state index is 0.122. The first-order valence-electron chi connectivity index (χ1n) is 10.3. The van der Waals surface area contributed by atoms with E-state index in [4.69, 9.17) is 0 Å². The van der Waals surface area contributed by atoms with Crippen LogP contribution in [0.15, 0.2) is 126 Å². The molecule has 0 unspecified atom stereocenters. The van der Waals surface area contributed by atoms with Gasteiger partial charge in [0.1, 0.15) is 7.14 Å². The molecular formula is C26H24NO3PS. The van der Waals surface area contributed by atoms with E-state index in [0.29, 0.717) is 10.6 Å². The van der Waals surface area contributed by atoms with Gasteiger partial charge in [-0.2, -0.15) is 0 Å². The lowest BCUT2D eigenvalue weighted by Gasteiger charge is -2.26. The molecule has 0 fully saturated rings. The van der Waals surface area contributed by atoms with Crippen LogP contribution in [0.4, 0.5) is 0 Å². The zero-order chi connectivity index (χ0) is 22.4. The van der Waals surface area contributed by atoms with E-state index in [-0.39, 0.29) is 11.1 Å². The molecule has 4 aromatic rings. The molecule has 4 aromatic carbocycles. The smallest absolute Gasteiger partial charge is 0.241 e. The van der Waals surface area contributed by atoms with Crippen molar-refractivity contribution in [2.45, 2.75) is 10.9 Å². The van der Waals surface area contributed by atoms with Crippen LogP contribution in [0, 0.1) is 0 Å². The lowest BCUT2D eigenvalue weighted by atomic mass is 10.1. The van der Waals surface area contributed by atoms with Crippen molar-refractivity contribution in [3.63, 3.8) is 0 Å². The van der Waals surface area contributed by atoms with Gasteiger partial charge in [0, 0.05) is 16.8 Å². The van der Waals surface area contributed by atoms with Gasteiger partial charge in [-0.1, -0.05) is 109 Å². The van der Waals surface area contributed by atoms with Gasteiger partial charge < -0.3 is 4.57 Å². The van der Waals surface area contributed by atoms with Gasteiger partial charge in [0.05, 0.1) is 10.9 Å². The fraction of sp³-hybridized carbons (Fsp3) is 0.0769. The Balaban J connectivity index is 1.79. The highest BCUT2D eigenvalue weighted by atomic mass is 32.2. The van der Waals surface area contributed by atoms with Gasteiger partial charge in [-0.15, -0.1) is 0 Å². The minimum Gasteiger partial charge on any atom is -0.314 e. The fourth-order valence-corrected chi connectivity index (χ4v) is 7.92. The van der Waals surface area contributed by atoms with Crippen LogP contribution >= 0.6 is 7.14 Å². The molecule has 0 amide bonds. The van der Waals surface area contributed by atoms with Crippen molar-refractivity contribution in [3.05, 3.63) is 127 Å². The molecule has 0 aliphatic carbocycles. The highest BCUT2D eigenvalue weighted by Gasteiger charge is 2.33. The van der Waals surface area contributed by atoms with Crippen LogP contribution < -0.4 is 15.3 Å². The second-order valence-electron chi connectivity index (χ2n) is 7.49. The molecule has 32 heavy (non-hydrogen) atoms. The summed E-state index contributed by atoms with van der Waals surface area (Å²) in [6, 6.07) is 35.5. The first kappa shape index (κ1) is 22.2. The Morgan fingerprint density at radius 3 is 1.50 bits per heavy atom. The average molecular weight is 462 g/mol. The highest BCUT2D eigenvalue weighted by molar-refractivity contribution is 7.89. The molecule has 0 aliphatic heterocycles. The lowest BCUT2D eigenvalue weighted by molar-refractivity contribution is 0.560. The van der Waals surface area contributed by atoms with Crippen LogP contribution in [-0.2, 0) is 14.6 Å². The van der Waals surface area contributed by atoms with E-state index in [0.717, 1.165) is 5.56 Å². The van der Waals surface area contributed by atoms with E-state index in [9.17, 15) is 13.0 Å². The summed E-state index contributed by atoms with van der Waals surface area (Å²) in [6.45, 7) is 0. The van der Waals surface area contributed by atoms with Crippen LogP contribution in [0.5, 0.6) is 0 Å². The second kappa shape index (κ2) is 9.66. The summed E-state index contributed by atoms with van der Waals surface area (Å²) in [4.78, 5) is 0.176. The summed E-state index contributed by atoms with van der Waals surface area (Å²) in [5, 5.41) is 1.40. The Hall–Kier alpha value is -2.98. The summed E-state index contributed by atoms with van der Waals surface area (Å²) < 4.78 is 43.8. The molecule has 4 nitrogen and oxygen atoms in total. The van der Waals surface area contributed by atoms with Crippen molar-refractivity contribution in [1.82, 2.24) is 4.72 Å². The van der Waals surface area contributed by atoms with E-state index in [1.165, 1.54) is 0 Å². The molecule has 1 N–H and O–H groups in total. The number of nitrogens with one attached hydrogen (secondary N) is 1. The van der Waals surface area contributed by atoms with Crippen molar-refractivity contribution >= 4 is 27.8 Å². The quantitative estimate of drug-likeness (QED) is 0.386. The molecule has 4 rings (SSSR count). The second-order valence-corrected chi connectivity index (χ2v) is 12.1. The largest absolute Gasteiger partial charge is 0.314 e. The molecule has 0 radical (unpaired) electrons. The van der Waals surface area contributed by atoms with Crippen LogP contribution in [0.1, 0.15) is 11.6 Å². The molecule has 6 heteroatoms. The molecule has 0 heterocycles. The SMILES string of the molecule is O=P(C[C@@H](NS(=O)(=O)c1ccccc1)c1ccccc1)(c1ccccc1)c1ccccc1. The van der Waals surface area contributed by atoms with Crippen molar-refractivity contribution in [2.75, 3.05) is 6.16 Å². The molecule has 0 spiro atoms. The standard InChI is InChI=1S/C26H24NO3PS/c28-31(23-15-7-2-8-16-23,24-17-9-3-10-18-24)21-26(22-13-5-1-6-14-22)27-32(29,30)25-19-11-4-12-20-25/h1-20,26-27H,21H2/t26-/m1/s1. The van der Waals surface area contributed by atoms with Crippen molar-refractivity contribution in [3.8, 4) is 0 Å². The van der Waals surface area contributed by atoms with E-state index in [2.05, 4.69) is 4.72 Å². The fourth-order valence-electron chi connectivity index (χ4n) is 3.71. The van der Waals surface area contributed by atoms with Gasteiger partial charge >= 0.3 is 0 Å². The van der Waals surface area contributed by atoms with E-state index < -0.39 is 23.2 Å². The third-order valence-electron chi connectivity index (χ3n) is 5.34. The van der Waals surface area contributed by atoms with E-state index in [1.807, 2.05) is 91.0 Å². The third-order valence-corrected chi connectivity index (χ3v) is 9.97. The topological polar surface area (TPSA) is 63.2 Å². The molecular weight excluding hydrogens is 437 g/mol. The summed E-state index contributed by atoms with van der Waals surface area (Å²) in [5.41, 5.74) is 0.763. The van der Waals surface area contributed by atoms with Gasteiger partial charge in [0.15, 0.2) is 0 Å². The van der Waals surface area contributed by atoms with Crippen molar-refractivity contribution in [1.29, 1.82) is 0 Å². The summed E-state index contributed by atoms with van der Waals surface area (Å²) in [7, 11) is -6.97. The van der Waals surface area contributed by atoms with Gasteiger partial charge in [-0.25, -0.2) is 13.1 Å². The van der Waals surface area contributed by atoms with Crippen LogP contribution in [0.2, 0.25) is 0 Å². The first-order valence-corrected chi connectivity index (χ1v) is 13.7. The van der Waals surface area contributed by atoms with Crippen LogP contribution in [-0.4, -0.2) is 14.6 Å². The van der Waals surface area contributed by atoms with Crippen molar-refractivity contribution < 1.29 is 13.0 Å². The maximum Gasteiger partial charge on any atom is 0.241 e. The van der Waals surface area contributed by atoms with Crippen molar-refractivity contribution in [2.24, 2.45) is 0 Å². The Labute approximate surface area is 189 Å². The number of hydrogen-bond donors (Lipinski definition) is 1. The highest BCUT2D eigenvalue weighted by Crippen LogP contribution is 2.46. The number of rotatable bonds is 8. The van der Waals surface area contributed by atoms with Gasteiger partial charge in [0.25, 0.3) is 0 Å². The molecule has 0 aromatic heterocycles. The maximum atomic E-state index is 14.6.